The van der Waals surface area contributed by atoms with E-state index in [1.807, 2.05) is 138 Å². The molecular weight excluding hydrogens is 1360 g/mol. The number of rotatable bonds is 23. The Labute approximate surface area is 596 Å². The van der Waals surface area contributed by atoms with Crippen LogP contribution >= 0.6 is 15.4 Å². The predicted molar refractivity (Wildman–Crippen MR) is 394 cm³/mol. The van der Waals surface area contributed by atoms with Crippen LogP contribution in [0.1, 0.15) is 93.6 Å². The summed E-state index contributed by atoms with van der Waals surface area (Å²) in [6.07, 6.45) is 14.3. The number of carbonyl (C=O) groups excluding carboxylic acids is 2. The molecule has 0 saturated carbocycles. The number of anilines is 2. The number of ether oxygens (including phenoxy) is 2. The van der Waals surface area contributed by atoms with E-state index in [4.69, 9.17) is 38.5 Å². The Kier molecular flexibility index (Phi) is 24.6. The van der Waals surface area contributed by atoms with E-state index < -0.39 is 39.1 Å². The maximum absolute atomic E-state index is 14.4. The zero-order valence-corrected chi connectivity index (χ0v) is 60.5. The van der Waals surface area contributed by atoms with Crippen LogP contribution in [0.3, 0.4) is 0 Å². The SMILES string of the molecule is C1=CCC=CC1.Cc1ccc(-n2nc(C(C)(C)C)cc2NC(=O)NCc2cc(F)ccc2Oc2ccc3c(cnn3CCOP(=O)(O)O)c2)cc1.Cc1ccc(-n2nc(C(C)(C)C)cc2NC(=O)NCc2cc(F)ccc2Oc2ccc3c(cnn3CCOP(C)(=O)OCc3ccccc3)c2)cc1. The van der Waals surface area contributed by atoms with E-state index in [1.54, 1.807) is 55.4 Å². The molecule has 1 atom stereocenters. The third-order valence-corrected chi connectivity index (χ3v) is 17.7. The maximum atomic E-state index is 14.4. The van der Waals surface area contributed by atoms with Crippen LogP contribution in [0.15, 0.2) is 200 Å². The van der Waals surface area contributed by atoms with Crippen molar-refractivity contribution in [2.24, 2.45) is 0 Å². The Morgan fingerprint density at radius 2 is 0.961 bits per heavy atom. The van der Waals surface area contributed by atoms with Gasteiger partial charge in [0.05, 0.1) is 79.1 Å². The smallest absolute Gasteiger partial charge is 0.457 e. The number of phosphoric acid groups is 1. The van der Waals surface area contributed by atoms with Gasteiger partial charge in [-0.25, -0.2) is 32.3 Å². The molecule has 4 amide bonds. The average Bonchev–Trinajstić information content (AvgIpc) is 1.71. The lowest BCUT2D eigenvalue weighted by molar-refractivity contribution is 0.188. The second-order valence-corrected chi connectivity index (χ2v) is 29.7. The van der Waals surface area contributed by atoms with Crippen molar-refractivity contribution in [3.8, 4) is 34.4 Å². The summed E-state index contributed by atoms with van der Waals surface area (Å²) in [5, 5.41) is 31.1. The summed E-state index contributed by atoms with van der Waals surface area (Å²) in [4.78, 5) is 44.0. The summed E-state index contributed by atoms with van der Waals surface area (Å²) in [6.45, 7) is 18.3. The highest BCUT2D eigenvalue weighted by Crippen LogP contribution is 2.45. The molecular formula is C76H84F2N12O11P2. The lowest BCUT2D eigenvalue weighted by Gasteiger charge is -2.15. The van der Waals surface area contributed by atoms with Crippen LogP contribution < -0.4 is 30.7 Å². The monoisotopic (exact) mass is 1440 g/mol. The predicted octanol–water partition coefficient (Wildman–Crippen LogP) is 17.2. The number of nitrogens with zero attached hydrogens (tertiary/aromatic N) is 8. The second-order valence-electron chi connectivity index (χ2n) is 26.4. The number of benzene rings is 7. The van der Waals surface area contributed by atoms with Crippen LogP contribution in [0.5, 0.6) is 23.0 Å². The number of aromatic nitrogens is 8. The molecule has 538 valence electrons. The number of urea groups is 2. The fourth-order valence-corrected chi connectivity index (χ4v) is 11.6. The van der Waals surface area contributed by atoms with Crippen LogP contribution in [0.25, 0.3) is 33.2 Å². The third kappa shape index (κ3) is 21.8. The Morgan fingerprint density at radius 3 is 1.37 bits per heavy atom. The molecule has 11 aromatic rings. The number of fused-ring (bicyclic) bond motifs is 2. The molecule has 4 heterocycles. The number of hydrogen-bond donors (Lipinski definition) is 6. The topological polar surface area (TPSA) is 274 Å². The van der Waals surface area contributed by atoms with Crippen LogP contribution in [-0.4, -0.2) is 80.8 Å². The largest absolute Gasteiger partial charge is 0.469 e. The molecule has 0 bridgehead atoms. The van der Waals surface area contributed by atoms with Crippen molar-refractivity contribution < 1.29 is 60.3 Å². The molecule has 1 unspecified atom stereocenters. The Morgan fingerprint density at radius 1 is 0.534 bits per heavy atom. The summed E-state index contributed by atoms with van der Waals surface area (Å²) in [6, 6.07) is 46.7. The maximum Gasteiger partial charge on any atom is 0.469 e. The van der Waals surface area contributed by atoms with Crippen LogP contribution in [0, 0.1) is 25.5 Å². The minimum absolute atomic E-state index is 0.000246. The Hall–Kier alpha value is -10.4. The lowest BCUT2D eigenvalue weighted by Crippen LogP contribution is -2.29. The summed E-state index contributed by atoms with van der Waals surface area (Å²) in [5.74, 6) is 1.72. The molecule has 0 fully saturated rings. The number of amides is 4. The molecule has 12 rings (SSSR count). The van der Waals surface area contributed by atoms with Gasteiger partial charge in [0.2, 0.25) is 0 Å². The van der Waals surface area contributed by atoms with Crippen molar-refractivity contribution in [1.29, 1.82) is 0 Å². The van der Waals surface area contributed by atoms with Crippen LogP contribution in [0.4, 0.5) is 30.0 Å². The number of phosphoric ester groups is 1. The molecule has 7 aromatic carbocycles. The molecule has 1 aliphatic rings. The molecule has 23 nitrogen and oxygen atoms in total. The van der Waals surface area contributed by atoms with Crippen molar-refractivity contribution in [2.45, 2.75) is 112 Å². The molecule has 0 aliphatic heterocycles. The summed E-state index contributed by atoms with van der Waals surface area (Å²) >= 11 is 0. The van der Waals surface area contributed by atoms with Gasteiger partial charge in [-0.2, -0.15) is 20.4 Å². The number of nitrogens with one attached hydrogen (secondary N) is 4. The Bertz CT molecular complexity index is 4880. The standard InChI is InChI=1S/C39H42FN6O5P.C31H34FN6O6P.C6H8/c1-27-11-14-32(15-12-27)46-37(23-36(44-46)39(2,3)4)43-38(47)41-24-30-21-31(40)13-18-35(30)51-33-16-17-34-29(22-33)25-42-45(34)19-20-49-52(5,48)50-26-28-9-7-6-8-10-28;1-20-5-8-24(9-6-20)38-29(17-28(36-38)31(2,3)4)35-30(39)33-18-22-15-23(32)7-12-27(22)44-25-10-11-26-21(16-25)19-34-37(26)13-14-43-45(40,41)42;1-2-4-6-5-3-1/h6-18,21-23,25H,19-20,24,26H2,1-5H3,(H2,41,43,47);5-12,15-17,19H,13-14,18H2,1-4H3,(H2,33,35,39)(H2,40,41,42);1-2,5-6H,3-4H2. The van der Waals surface area contributed by atoms with Gasteiger partial charge < -0.3 is 38.9 Å². The normalized spacial score (nSPS) is 12.8. The molecule has 6 N–H and O–H groups in total. The van der Waals surface area contributed by atoms with Gasteiger partial charge in [0.25, 0.3) is 0 Å². The van der Waals surface area contributed by atoms with Gasteiger partial charge in [0, 0.05) is 64.6 Å². The molecule has 0 saturated heterocycles. The van der Waals surface area contributed by atoms with E-state index >= 15 is 0 Å². The van der Waals surface area contributed by atoms with Crippen molar-refractivity contribution in [2.75, 3.05) is 30.5 Å². The van der Waals surface area contributed by atoms with E-state index in [0.29, 0.717) is 63.2 Å². The number of halogens is 2. The molecule has 0 radical (unpaired) electrons. The minimum Gasteiger partial charge on any atom is -0.457 e. The van der Waals surface area contributed by atoms with E-state index in [2.05, 4.69) is 81.1 Å². The van der Waals surface area contributed by atoms with Gasteiger partial charge >= 0.3 is 27.5 Å². The van der Waals surface area contributed by atoms with Gasteiger partial charge in [0.1, 0.15) is 46.3 Å². The van der Waals surface area contributed by atoms with Gasteiger partial charge in [-0.15, -0.1) is 0 Å². The highest BCUT2D eigenvalue weighted by Gasteiger charge is 2.25. The first-order valence-electron chi connectivity index (χ1n) is 33.3. The van der Waals surface area contributed by atoms with E-state index in [-0.39, 0.29) is 50.3 Å². The minimum atomic E-state index is -4.57. The van der Waals surface area contributed by atoms with Gasteiger partial charge in [-0.1, -0.05) is 132 Å². The first kappa shape index (κ1) is 75.3. The first-order chi connectivity index (χ1) is 49.1. The van der Waals surface area contributed by atoms with Crippen LogP contribution in [-0.2, 0) is 66.3 Å². The molecule has 0 spiro atoms. The molecule has 4 aromatic heterocycles. The average molecular weight is 1440 g/mol. The van der Waals surface area contributed by atoms with Crippen molar-refractivity contribution in [3.63, 3.8) is 0 Å². The lowest BCUT2D eigenvalue weighted by atomic mass is 9.92. The van der Waals surface area contributed by atoms with Crippen molar-refractivity contribution in [1.82, 2.24) is 49.8 Å². The zero-order chi connectivity index (χ0) is 73.5. The highest BCUT2D eigenvalue weighted by atomic mass is 31.2. The fraction of sp³-hybridized carbons (Fsp3) is 0.263. The quantitative estimate of drug-likeness (QED) is 0.0257. The number of allylic oxidation sites excluding steroid dienone is 4. The van der Waals surface area contributed by atoms with Crippen molar-refractivity contribution >= 4 is 60.9 Å². The van der Waals surface area contributed by atoms with Gasteiger partial charge in [0.15, 0.2) is 0 Å². The molecule has 27 heteroatoms. The van der Waals surface area contributed by atoms with E-state index in [9.17, 15) is 27.5 Å². The zero-order valence-electron chi connectivity index (χ0n) is 58.7. The van der Waals surface area contributed by atoms with E-state index in [1.165, 1.54) is 43.1 Å². The Balaban J connectivity index is 0.000000206. The summed E-state index contributed by atoms with van der Waals surface area (Å²) in [5.41, 5.74) is 8.24. The first-order valence-corrected chi connectivity index (χ1v) is 36.8. The third-order valence-electron chi connectivity index (χ3n) is 16.0. The highest BCUT2D eigenvalue weighted by molar-refractivity contribution is 7.52. The molecule has 103 heavy (non-hydrogen) atoms. The summed E-state index contributed by atoms with van der Waals surface area (Å²) < 4.78 is 87.0. The summed E-state index contributed by atoms with van der Waals surface area (Å²) in [7, 11) is -7.84. The second kappa shape index (κ2) is 33.6. The number of hydrogen-bond acceptors (Lipinski definition) is 13. The van der Waals surface area contributed by atoms with Gasteiger partial charge in [-0.3, -0.25) is 29.1 Å². The van der Waals surface area contributed by atoms with Crippen LogP contribution in [0.2, 0.25) is 0 Å². The van der Waals surface area contributed by atoms with Gasteiger partial charge in [-0.05, 0) is 129 Å². The number of carbonyl (C=O) groups is 2. The van der Waals surface area contributed by atoms with Crippen molar-refractivity contribution in [3.05, 3.63) is 251 Å². The van der Waals surface area contributed by atoms with E-state index in [0.717, 1.165) is 63.2 Å². The fourth-order valence-electron chi connectivity index (χ4n) is 10.4. The number of aryl methyl sites for hydroxylation is 2. The molecule has 1 aliphatic carbocycles.